The first-order valence-corrected chi connectivity index (χ1v) is 5.19. The van der Waals surface area contributed by atoms with Crippen LogP contribution in [0.2, 0.25) is 0 Å². The first kappa shape index (κ1) is 11.4. The zero-order valence-corrected chi connectivity index (χ0v) is 9.09. The Labute approximate surface area is 89.1 Å². The molecule has 0 amide bonds. The average Bonchev–Trinajstić information content (AvgIpc) is 2.16. The number of thiocarbonyl (C=S) groups is 1. The van der Waals surface area contributed by atoms with Crippen LogP contribution >= 0.6 is 12.2 Å². The second kappa shape index (κ2) is 4.70. The predicted molar refractivity (Wildman–Crippen MR) is 58.2 cm³/mol. The molecule has 1 heterocycles. The maximum atomic E-state index is 10.7. The normalized spacial score (nSPS) is 21.8. The number of carboxylic acid groups (broad SMARTS) is 1. The standard InChI is InChI=1S/C9H16N2O2S/c1-6(9(12)13)11-4-2-7(3-5-11)8(10)14/h6-7H,2-5H2,1H3,(H2,10,14)(H,12,13). The molecule has 1 aliphatic heterocycles. The van der Waals surface area contributed by atoms with Crippen molar-refractivity contribution in [3.05, 3.63) is 0 Å². The molecule has 0 radical (unpaired) electrons. The number of carboxylic acids is 1. The number of carbonyl (C=O) groups is 1. The number of aliphatic carboxylic acids is 1. The first-order chi connectivity index (χ1) is 6.52. The lowest BCUT2D eigenvalue weighted by Crippen LogP contribution is -2.45. The highest BCUT2D eigenvalue weighted by Gasteiger charge is 2.26. The van der Waals surface area contributed by atoms with E-state index in [1.807, 2.05) is 4.90 Å². The molecule has 0 aromatic carbocycles. The quantitative estimate of drug-likeness (QED) is 0.671. The molecule has 0 aromatic heterocycles. The minimum absolute atomic E-state index is 0.294. The fraction of sp³-hybridized carbons (Fsp3) is 0.778. The summed E-state index contributed by atoms with van der Waals surface area (Å²) in [5.41, 5.74) is 5.55. The average molecular weight is 216 g/mol. The summed E-state index contributed by atoms with van der Waals surface area (Å²) in [6, 6.07) is -0.401. The molecule has 1 rings (SSSR count). The molecule has 0 spiro atoms. The van der Waals surface area contributed by atoms with Gasteiger partial charge in [0.2, 0.25) is 0 Å². The number of hydrogen-bond donors (Lipinski definition) is 2. The lowest BCUT2D eigenvalue weighted by molar-refractivity contribution is -0.143. The van der Waals surface area contributed by atoms with Crippen molar-refractivity contribution in [1.29, 1.82) is 0 Å². The highest BCUT2D eigenvalue weighted by Crippen LogP contribution is 2.19. The van der Waals surface area contributed by atoms with Crippen molar-refractivity contribution in [1.82, 2.24) is 4.90 Å². The van der Waals surface area contributed by atoms with E-state index in [9.17, 15) is 4.79 Å². The van der Waals surface area contributed by atoms with E-state index < -0.39 is 12.0 Å². The van der Waals surface area contributed by atoms with Gasteiger partial charge in [0.15, 0.2) is 0 Å². The van der Waals surface area contributed by atoms with Gasteiger partial charge in [0.05, 0.1) is 4.99 Å². The van der Waals surface area contributed by atoms with Crippen molar-refractivity contribution >= 4 is 23.2 Å². The Morgan fingerprint density at radius 3 is 2.43 bits per heavy atom. The van der Waals surface area contributed by atoms with Gasteiger partial charge in [-0.1, -0.05) is 12.2 Å². The molecule has 1 fully saturated rings. The van der Waals surface area contributed by atoms with Gasteiger partial charge in [-0.25, -0.2) is 0 Å². The van der Waals surface area contributed by atoms with Gasteiger partial charge >= 0.3 is 5.97 Å². The number of nitrogens with two attached hydrogens (primary N) is 1. The van der Waals surface area contributed by atoms with E-state index in [0.29, 0.717) is 10.9 Å². The van der Waals surface area contributed by atoms with Crippen LogP contribution in [0.25, 0.3) is 0 Å². The summed E-state index contributed by atoms with van der Waals surface area (Å²) in [7, 11) is 0. The summed E-state index contributed by atoms with van der Waals surface area (Å²) in [4.78, 5) is 13.2. The predicted octanol–water partition coefficient (Wildman–Crippen LogP) is 0.458. The van der Waals surface area contributed by atoms with Crippen LogP contribution in [0.3, 0.4) is 0 Å². The minimum atomic E-state index is -0.765. The molecule has 1 saturated heterocycles. The second-order valence-electron chi connectivity index (χ2n) is 3.73. The van der Waals surface area contributed by atoms with Crippen LogP contribution < -0.4 is 5.73 Å². The van der Waals surface area contributed by atoms with Gasteiger partial charge in [-0.05, 0) is 32.9 Å². The Kier molecular flexibility index (Phi) is 3.83. The van der Waals surface area contributed by atoms with Gasteiger partial charge in [-0.2, -0.15) is 0 Å². The van der Waals surface area contributed by atoms with E-state index in [0.717, 1.165) is 25.9 Å². The fourth-order valence-corrected chi connectivity index (χ4v) is 1.96. The number of rotatable bonds is 3. The molecule has 5 heteroatoms. The molecule has 4 nitrogen and oxygen atoms in total. The molecular weight excluding hydrogens is 200 g/mol. The molecular formula is C9H16N2O2S. The zero-order valence-electron chi connectivity index (χ0n) is 8.27. The van der Waals surface area contributed by atoms with Crippen LogP contribution in [-0.4, -0.2) is 40.1 Å². The Bertz CT molecular complexity index is 237. The zero-order chi connectivity index (χ0) is 10.7. The van der Waals surface area contributed by atoms with E-state index in [1.165, 1.54) is 0 Å². The molecule has 1 unspecified atom stereocenters. The lowest BCUT2D eigenvalue weighted by Gasteiger charge is -2.33. The third kappa shape index (κ3) is 2.65. The molecule has 1 atom stereocenters. The Morgan fingerprint density at radius 2 is 2.07 bits per heavy atom. The Hall–Kier alpha value is -0.680. The van der Waals surface area contributed by atoms with Gasteiger partial charge in [-0.3, -0.25) is 9.69 Å². The van der Waals surface area contributed by atoms with Crippen molar-refractivity contribution in [2.45, 2.75) is 25.8 Å². The van der Waals surface area contributed by atoms with E-state index >= 15 is 0 Å². The van der Waals surface area contributed by atoms with Crippen LogP contribution in [0.15, 0.2) is 0 Å². The highest BCUT2D eigenvalue weighted by atomic mass is 32.1. The Morgan fingerprint density at radius 1 is 1.57 bits per heavy atom. The molecule has 3 N–H and O–H groups in total. The number of piperidine rings is 1. The first-order valence-electron chi connectivity index (χ1n) is 4.78. The SMILES string of the molecule is CC(C(=O)O)N1CCC(C(N)=S)CC1. The maximum absolute atomic E-state index is 10.7. The fourth-order valence-electron chi connectivity index (χ4n) is 1.73. The van der Waals surface area contributed by atoms with Crippen LogP contribution in [0.5, 0.6) is 0 Å². The summed E-state index contributed by atoms with van der Waals surface area (Å²) in [6.07, 6.45) is 1.76. The molecule has 0 bridgehead atoms. The van der Waals surface area contributed by atoms with Crippen molar-refractivity contribution in [3.8, 4) is 0 Å². The summed E-state index contributed by atoms with van der Waals surface area (Å²) in [6.45, 7) is 3.26. The molecule has 1 aliphatic rings. The van der Waals surface area contributed by atoms with Crippen molar-refractivity contribution in [2.75, 3.05) is 13.1 Å². The van der Waals surface area contributed by atoms with E-state index in [1.54, 1.807) is 6.92 Å². The molecule has 0 aliphatic carbocycles. The van der Waals surface area contributed by atoms with Crippen LogP contribution in [0.1, 0.15) is 19.8 Å². The number of nitrogens with zero attached hydrogens (tertiary/aromatic N) is 1. The monoisotopic (exact) mass is 216 g/mol. The molecule has 80 valence electrons. The van der Waals surface area contributed by atoms with Crippen molar-refractivity contribution in [3.63, 3.8) is 0 Å². The topological polar surface area (TPSA) is 66.6 Å². The van der Waals surface area contributed by atoms with E-state index in [4.69, 9.17) is 23.1 Å². The lowest BCUT2D eigenvalue weighted by atomic mass is 9.96. The molecule has 0 saturated carbocycles. The summed E-state index contributed by atoms with van der Waals surface area (Å²) < 4.78 is 0. The minimum Gasteiger partial charge on any atom is -0.480 e. The van der Waals surface area contributed by atoms with Crippen molar-refractivity contribution < 1.29 is 9.90 Å². The summed E-state index contributed by atoms with van der Waals surface area (Å²) in [5, 5.41) is 8.82. The second-order valence-corrected chi connectivity index (χ2v) is 4.20. The van der Waals surface area contributed by atoms with E-state index in [2.05, 4.69) is 0 Å². The smallest absolute Gasteiger partial charge is 0.320 e. The molecule has 14 heavy (non-hydrogen) atoms. The third-order valence-electron chi connectivity index (χ3n) is 2.84. The van der Waals surface area contributed by atoms with Gasteiger partial charge in [0.1, 0.15) is 6.04 Å². The van der Waals surface area contributed by atoms with Gasteiger partial charge in [0.25, 0.3) is 0 Å². The summed E-state index contributed by atoms with van der Waals surface area (Å²) >= 11 is 4.91. The summed E-state index contributed by atoms with van der Waals surface area (Å²) in [5.74, 6) is -0.471. The Balaban J connectivity index is 2.43. The molecule has 0 aromatic rings. The number of likely N-dealkylation sites (tertiary alicyclic amines) is 1. The maximum Gasteiger partial charge on any atom is 0.320 e. The van der Waals surface area contributed by atoms with Crippen molar-refractivity contribution in [2.24, 2.45) is 11.7 Å². The van der Waals surface area contributed by atoms with Gasteiger partial charge < -0.3 is 10.8 Å². The largest absolute Gasteiger partial charge is 0.480 e. The van der Waals surface area contributed by atoms with Crippen LogP contribution in [0, 0.1) is 5.92 Å². The third-order valence-corrected chi connectivity index (χ3v) is 3.17. The highest BCUT2D eigenvalue weighted by molar-refractivity contribution is 7.80. The van der Waals surface area contributed by atoms with E-state index in [-0.39, 0.29) is 0 Å². The van der Waals surface area contributed by atoms with Crippen LogP contribution in [-0.2, 0) is 4.79 Å². The number of hydrogen-bond acceptors (Lipinski definition) is 3. The van der Waals surface area contributed by atoms with Gasteiger partial charge in [0, 0.05) is 5.92 Å². The van der Waals surface area contributed by atoms with Gasteiger partial charge in [-0.15, -0.1) is 0 Å². The van der Waals surface area contributed by atoms with Crippen LogP contribution in [0.4, 0.5) is 0 Å².